The summed E-state index contributed by atoms with van der Waals surface area (Å²) in [6.45, 7) is 3.83. The summed E-state index contributed by atoms with van der Waals surface area (Å²) in [6, 6.07) is 0.654. The van der Waals surface area contributed by atoms with Gasteiger partial charge in [0.25, 0.3) is 0 Å². The van der Waals surface area contributed by atoms with Gasteiger partial charge in [0.1, 0.15) is 0 Å². The highest BCUT2D eigenvalue weighted by atomic mass is 32.2. The van der Waals surface area contributed by atoms with Gasteiger partial charge < -0.3 is 10.1 Å². The lowest BCUT2D eigenvalue weighted by atomic mass is 9.94. The summed E-state index contributed by atoms with van der Waals surface area (Å²) in [7, 11) is 0. The van der Waals surface area contributed by atoms with Crippen molar-refractivity contribution in [3.05, 3.63) is 0 Å². The van der Waals surface area contributed by atoms with Gasteiger partial charge in [-0.25, -0.2) is 0 Å². The van der Waals surface area contributed by atoms with Gasteiger partial charge in [-0.1, -0.05) is 19.8 Å². The van der Waals surface area contributed by atoms with Gasteiger partial charge in [-0.15, -0.1) is 0 Å². The van der Waals surface area contributed by atoms with Crippen LogP contribution in [-0.2, 0) is 9.53 Å². The van der Waals surface area contributed by atoms with Gasteiger partial charge in [-0.2, -0.15) is 11.8 Å². The zero-order chi connectivity index (χ0) is 12.8. The largest absolute Gasteiger partial charge is 0.465 e. The summed E-state index contributed by atoms with van der Waals surface area (Å²) in [5.41, 5.74) is 0. The molecule has 0 aromatic carbocycles. The second-order valence-corrected chi connectivity index (χ2v) is 6.80. The molecule has 1 saturated carbocycles. The van der Waals surface area contributed by atoms with Crippen LogP contribution in [0.25, 0.3) is 0 Å². The van der Waals surface area contributed by atoms with Crippen molar-refractivity contribution in [1.82, 2.24) is 5.32 Å². The van der Waals surface area contributed by atoms with Gasteiger partial charge in [-0.3, -0.25) is 4.79 Å². The third-order valence-corrected chi connectivity index (χ3v) is 5.35. The maximum Gasteiger partial charge on any atom is 0.309 e. The minimum Gasteiger partial charge on any atom is -0.465 e. The molecule has 1 aliphatic carbocycles. The molecule has 0 spiro atoms. The highest BCUT2D eigenvalue weighted by Crippen LogP contribution is 2.28. The predicted molar refractivity (Wildman–Crippen MR) is 75.9 cm³/mol. The number of carbonyl (C=O) groups excluding carboxylic acids is 1. The van der Waals surface area contributed by atoms with Crippen LogP contribution in [0, 0.1) is 5.92 Å². The van der Waals surface area contributed by atoms with E-state index in [1.165, 1.54) is 31.4 Å². The number of esters is 1. The summed E-state index contributed by atoms with van der Waals surface area (Å²) in [6.07, 6.45) is 7.24. The second-order valence-electron chi connectivity index (χ2n) is 5.28. The molecular weight excluding hydrogens is 246 g/mol. The number of rotatable bonds is 6. The molecule has 1 aliphatic heterocycles. The molecule has 2 rings (SSSR count). The van der Waals surface area contributed by atoms with Crippen molar-refractivity contribution in [2.24, 2.45) is 5.92 Å². The first-order valence-electron chi connectivity index (χ1n) is 7.33. The van der Waals surface area contributed by atoms with Crippen LogP contribution in [0.5, 0.6) is 0 Å². The molecular formula is C14H25NO2S. The molecule has 1 N–H and O–H groups in total. The standard InChI is InChI=1S/C14H25NO2S/c1-2-18-13-6-4-3-5-12(13)15-9-7-11-8-10-17-14(11)16/h11-13,15H,2-10H2,1H3/t11-,12+,13-/m1/s1. The molecule has 4 heteroatoms. The topological polar surface area (TPSA) is 38.3 Å². The van der Waals surface area contributed by atoms with Crippen LogP contribution in [0.2, 0.25) is 0 Å². The van der Waals surface area contributed by atoms with Crippen LogP contribution in [0.15, 0.2) is 0 Å². The Bertz CT molecular complexity index is 271. The van der Waals surface area contributed by atoms with Gasteiger partial charge in [0, 0.05) is 11.3 Å². The van der Waals surface area contributed by atoms with Crippen molar-refractivity contribution in [2.75, 3.05) is 18.9 Å². The number of cyclic esters (lactones) is 1. The Hall–Kier alpha value is -0.220. The van der Waals surface area contributed by atoms with Crippen LogP contribution in [0.4, 0.5) is 0 Å². The van der Waals surface area contributed by atoms with E-state index in [1.54, 1.807) is 0 Å². The van der Waals surface area contributed by atoms with Crippen molar-refractivity contribution in [3.8, 4) is 0 Å². The lowest BCUT2D eigenvalue weighted by molar-refractivity contribution is -0.141. The molecule has 3 nitrogen and oxygen atoms in total. The van der Waals surface area contributed by atoms with Crippen molar-refractivity contribution >= 4 is 17.7 Å². The average Bonchev–Trinajstić information content (AvgIpc) is 2.78. The van der Waals surface area contributed by atoms with Crippen LogP contribution < -0.4 is 5.32 Å². The molecule has 1 heterocycles. The normalized spacial score (nSPS) is 32.5. The summed E-state index contributed by atoms with van der Waals surface area (Å²) < 4.78 is 5.00. The van der Waals surface area contributed by atoms with E-state index in [0.717, 1.165) is 24.6 Å². The zero-order valence-corrected chi connectivity index (χ0v) is 12.1. The third kappa shape index (κ3) is 3.89. The zero-order valence-electron chi connectivity index (χ0n) is 11.3. The van der Waals surface area contributed by atoms with Crippen molar-refractivity contribution in [2.45, 2.75) is 56.7 Å². The maximum atomic E-state index is 11.4. The molecule has 0 unspecified atom stereocenters. The Morgan fingerprint density at radius 3 is 2.89 bits per heavy atom. The van der Waals surface area contributed by atoms with E-state index in [1.807, 2.05) is 0 Å². The van der Waals surface area contributed by atoms with Gasteiger partial charge in [0.05, 0.1) is 12.5 Å². The highest BCUT2D eigenvalue weighted by molar-refractivity contribution is 7.99. The smallest absolute Gasteiger partial charge is 0.309 e. The van der Waals surface area contributed by atoms with E-state index in [2.05, 4.69) is 24.0 Å². The van der Waals surface area contributed by atoms with Gasteiger partial charge >= 0.3 is 5.97 Å². The molecule has 2 aliphatic rings. The van der Waals surface area contributed by atoms with Crippen molar-refractivity contribution in [3.63, 3.8) is 0 Å². The van der Waals surface area contributed by atoms with Crippen LogP contribution >= 0.6 is 11.8 Å². The predicted octanol–water partition coefficient (Wildman–Crippen LogP) is 2.59. The van der Waals surface area contributed by atoms with Gasteiger partial charge in [0.2, 0.25) is 0 Å². The quantitative estimate of drug-likeness (QED) is 0.754. The number of thioether (sulfide) groups is 1. The molecule has 3 atom stereocenters. The second kappa shape index (κ2) is 7.39. The maximum absolute atomic E-state index is 11.4. The molecule has 104 valence electrons. The monoisotopic (exact) mass is 271 g/mol. The van der Waals surface area contributed by atoms with E-state index in [9.17, 15) is 4.79 Å². The molecule has 0 aromatic rings. The lowest BCUT2D eigenvalue weighted by Crippen LogP contribution is -2.41. The van der Waals surface area contributed by atoms with Gasteiger partial charge in [-0.05, 0) is 38.0 Å². The average molecular weight is 271 g/mol. The van der Waals surface area contributed by atoms with Crippen LogP contribution in [0.3, 0.4) is 0 Å². The van der Waals surface area contributed by atoms with E-state index < -0.39 is 0 Å². The first kappa shape index (κ1) is 14.2. The Morgan fingerprint density at radius 1 is 1.33 bits per heavy atom. The summed E-state index contributed by atoms with van der Waals surface area (Å²) in [5.74, 6) is 1.37. The Morgan fingerprint density at radius 2 is 2.17 bits per heavy atom. The van der Waals surface area contributed by atoms with E-state index in [4.69, 9.17) is 4.74 Å². The molecule has 0 aromatic heterocycles. The lowest BCUT2D eigenvalue weighted by Gasteiger charge is -2.32. The van der Waals surface area contributed by atoms with E-state index in [0.29, 0.717) is 12.6 Å². The molecule has 0 radical (unpaired) electrons. The van der Waals surface area contributed by atoms with E-state index >= 15 is 0 Å². The fraction of sp³-hybridized carbons (Fsp3) is 0.929. The van der Waals surface area contributed by atoms with E-state index in [-0.39, 0.29) is 11.9 Å². The minimum atomic E-state index is 0.0138. The number of hydrogen-bond donors (Lipinski definition) is 1. The molecule has 2 fully saturated rings. The van der Waals surface area contributed by atoms with Gasteiger partial charge in [0.15, 0.2) is 0 Å². The number of ether oxygens (including phenoxy) is 1. The Labute approximate surface area is 114 Å². The summed E-state index contributed by atoms with van der Waals surface area (Å²) in [4.78, 5) is 11.4. The Kier molecular flexibility index (Phi) is 5.83. The number of carbonyl (C=O) groups is 1. The third-order valence-electron chi connectivity index (χ3n) is 4.03. The minimum absolute atomic E-state index is 0.0138. The van der Waals surface area contributed by atoms with Crippen LogP contribution in [-0.4, -0.2) is 36.2 Å². The SMILES string of the molecule is CCS[C@@H]1CCCC[C@@H]1NCC[C@@H]1CCOC1=O. The molecule has 18 heavy (non-hydrogen) atoms. The summed E-state index contributed by atoms with van der Waals surface area (Å²) >= 11 is 2.09. The number of hydrogen-bond acceptors (Lipinski definition) is 4. The fourth-order valence-electron chi connectivity index (χ4n) is 2.99. The first-order chi connectivity index (χ1) is 8.81. The van der Waals surface area contributed by atoms with Crippen LogP contribution in [0.1, 0.15) is 45.4 Å². The van der Waals surface area contributed by atoms with Crippen molar-refractivity contribution in [1.29, 1.82) is 0 Å². The molecule has 0 amide bonds. The molecule has 1 saturated heterocycles. The highest BCUT2D eigenvalue weighted by Gasteiger charge is 2.28. The Balaban J connectivity index is 1.69. The fourth-order valence-corrected chi connectivity index (χ4v) is 4.21. The van der Waals surface area contributed by atoms with Crippen molar-refractivity contribution < 1.29 is 9.53 Å². The summed E-state index contributed by atoms with van der Waals surface area (Å²) in [5, 5.41) is 4.45. The molecule has 0 bridgehead atoms. The number of nitrogens with one attached hydrogen (secondary N) is 1. The first-order valence-corrected chi connectivity index (χ1v) is 8.37.